The number of aromatic nitrogens is 16. The van der Waals surface area contributed by atoms with Crippen LogP contribution in [0.4, 0.5) is 41.4 Å². The molecule has 19 aromatic rings. The fourth-order valence-corrected chi connectivity index (χ4v) is 17.1. The van der Waals surface area contributed by atoms with Crippen LogP contribution in [-0.2, 0) is 45.8 Å². The van der Waals surface area contributed by atoms with Gasteiger partial charge < -0.3 is 50.3 Å². The number of hydrogen-bond acceptors (Lipinski definition) is 22. The minimum Gasteiger partial charge on any atom is -0.454 e. The maximum Gasteiger partial charge on any atom is 0.231 e. The van der Waals surface area contributed by atoms with E-state index >= 15 is 0 Å². The van der Waals surface area contributed by atoms with Gasteiger partial charge in [-0.15, -0.1) is 0 Å². The van der Waals surface area contributed by atoms with Gasteiger partial charge in [0.05, 0.1) is 68.3 Å². The van der Waals surface area contributed by atoms with Gasteiger partial charge in [0, 0.05) is 129 Å². The van der Waals surface area contributed by atoms with Crippen molar-refractivity contribution in [3.05, 3.63) is 359 Å². The fraction of sp³-hybridized carbons (Fsp3) is 0.204. The molecule has 1 aliphatic heterocycles. The van der Waals surface area contributed by atoms with E-state index in [-0.39, 0.29) is 30.1 Å². The first-order chi connectivity index (χ1) is 67.5. The molecule has 12 aromatic heterocycles. The standard InChI is InChI=1S/C28H25FN6O2.C28H27FN6.C27H24ClFN6.C25H27FN6/c1-34(2)16-19-10-12-35-25(14-19)33-26(20-4-6-21(29)7-5-20)27(35)22-9-11-30-28(32-22)31-15-18-3-8-23-24(13-18)37-17-36-23;1-19-4-6-20(7-5-19)17-31-28-30-14-12-24(32-28)27-26(22-8-10-23(29)11-9-22)33-25-16-21(18-34(2)3)13-15-35(25)27;1-34(2)17-18-12-14-35-24(15-18)33-25(19-7-9-21(29)10-8-19)26(35)23-11-13-30-27(32-23)31-16-20-5-3-4-6-22(20)28;1-31(2)16-17-12-14-32-22(15-17)30-23(18-7-9-19(26)10-8-18)24(32)21-11-13-27-25(29-21)28-20-5-3-4-6-20/h3-14H,15-17H2,1-2H3,(H,30,31,32);4-16H,17-18H2,1-3H3,(H,30,31,32);3-15H,16-17H2,1-2H3,(H,30,31,32);7-15,20H,3-6,16H2,1-2H3,(H,27,28,29). The van der Waals surface area contributed by atoms with Gasteiger partial charge in [0.2, 0.25) is 30.6 Å². The predicted molar refractivity (Wildman–Crippen MR) is 539 cm³/mol. The van der Waals surface area contributed by atoms with Gasteiger partial charge in [-0.05, 0) is 303 Å². The molecule has 2 aliphatic rings. The van der Waals surface area contributed by atoms with Crippen LogP contribution in [0, 0.1) is 30.2 Å². The zero-order chi connectivity index (χ0) is 96.2. The average molecular weight is 1880 g/mol. The zero-order valence-corrected chi connectivity index (χ0v) is 79.1. The Morgan fingerprint density at radius 3 is 1.02 bits per heavy atom. The van der Waals surface area contributed by atoms with Gasteiger partial charge in [-0.2, -0.15) is 0 Å². The third-order valence-corrected chi connectivity index (χ3v) is 23.7. The van der Waals surface area contributed by atoms with E-state index in [1.165, 1.54) is 72.5 Å². The van der Waals surface area contributed by atoms with Gasteiger partial charge in [0.1, 0.15) is 45.9 Å². The SMILES string of the molecule is CN(C)Cc1ccn2c(-c3ccnc(NC4CCCC4)n3)c(-c3ccc(F)cc3)nc2c1.CN(C)Cc1ccn2c(-c3ccnc(NCc4ccc5c(c4)OCO5)n3)c(-c3ccc(F)cc3)nc2c1.CN(C)Cc1ccn2c(-c3ccnc(NCc4ccccc4Cl)n3)c(-c3ccc(F)cc3)nc2c1.Cc1ccc(CNc2nccc(-c3c(-c4ccc(F)cc4)nc4cc(CN(C)C)ccn34)n2)cc1. The highest BCUT2D eigenvalue weighted by Gasteiger charge is 2.26. The first kappa shape index (κ1) is 93.7. The lowest BCUT2D eigenvalue weighted by atomic mass is 10.1. The lowest BCUT2D eigenvalue weighted by molar-refractivity contribution is 0.174. The summed E-state index contributed by atoms with van der Waals surface area (Å²) in [5.41, 5.74) is 24.7. The Hall–Kier alpha value is -15.7. The average Bonchev–Trinajstić information content (AvgIpc) is 1.63. The molecule has 26 nitrogen and oxygen atoms in total. The first-order valence-electron chi connectivity index (χ1n) is 45.7. The van der Waals surface area contributed by atoms with Gasteiger partial charge in [-0.1, -0.05) is 78.5 Å². The quantitative estimate of drug-likeness (QED) is 0.0349. The number of aryl methyl sites for hydroxylation is 1. The van der Waals surface area contributed by atoms with E-state index in [0.717, 1.165) is 186 Å². The second-order valence-electron chi connectivity index (χ2n) is 35.3. The van der Waals surface area contributed by atoms with Crippen LogP contribution >= 0.6 is 11.6 Å². The third-order valence-electron chi connectivity index (χ3n) is 23.4. The van der Waals surface area contributed by atoms with Gasteiger partial charge in [0.25, 0.3) is 0 Å². The lowest BCUT2D eigenvalue weighted by Gasteiger charge is -2.13. The lowest BCUT2D eigenvalue weighted by Crippen LogP contribution is -2.16. The zero-order valence-electron chi connectivity index (χ0n) is 78.3. The highest BCUT2D eigenvalue weighted by Crippen LogP contribution is 2.40. The van der Waals surface area contributed by atoms with Crippen LogP contribution in [0.3, 0.4) is 0 Å². The van der Waals surface area contributed by atoms with Gasteiger partial charge in [-0.25, -0.2) is 77.4 Å². The van der Waals surface area contributed by atoms with Crippen LogP contribution in [0.5, 0.6) is 11.5 Å². The number of pyridine rings is 4. The van der Waals surface area contributed by atoms with Crippen molar-refractivity contribution in [1.82, 2.24) is 97.0 Å². The van der Waals surface area contributed by atoms with Crippen LogP contribution in [0.2, 0.25) is 5.02 Å². The molecule has 21 rings (SSSR count). The van der Waals surface area contributed by atoms with Crippen LogP contribution in [0.1, 0.15) is 70.2 Å². The summed E-state index contributed by atoms with van der Waals surface area (Å²) in [6, 6.07) is 72.0. The number of anilines is 4. The molecule has 7 aromatic carbocycles. The summed E-state index contributed by atoms with van der Waals surface area (Å²) >= 11 is 6.29. The van der Waals surface area contributed by atoms with E-state index < -0.39 is 0 Å². The molecule has 702 valence electrons. The molecule has 0 saturated heterocycles. The first-order valence-corrected chi connectivity index (χ1v) is 46.1. The van der Waals surface area contributed by atoms with E-state index in [2.05, 4.69) is 145 Å². The maximum absolute atomic E-state index is 13.7. The molecule has 139 heavy (non-hydrogen) atoms. The molecule has 13 heterocycles. The molecule has 0 amide bonds. The number of hydrogen-bond donors (Lipinski definition) is 4. The van der Waals surface area contributed by atoms with Crippen molar-refractivity contribution < 1.29 is 27.0 Å². The minimum absolute atomic E-state index is 0.240. The normalized spacial score (nSPS) is 12.4. The van der Waals surface area contributed by atoms with Crippen LogP contribution in [-0.4, -0.2) is 166 Å². The highest BCUT2D eigenvalue weighted by atomic mass is 35.5. The van der Waals surface area contributed by atoms with Crippen molar-refractivity contribution in [3.63, 3.8) is 0 Å². The largest absolute Gasteiger partial charge is 0.454 e. The minimum atomic E-state index is -0.292. The van der Waals surface area contributed by atoms with Crippen molar-refractivity contribution in [2.75, 3.05) is 84.4 Å². The topological polar surface area (TPSA) is 252 Å². The second-order valence-corrected chi connectivity index (χ2v) is 35.7. The predicted octanol–water partition coefficient (Wildman–Crippen LogP) is 21.5. The van der Waals surface area contributed by atoms with Gasteiger partial charge in [0.15, 0.2) is 11.5 Å². The molecule has 0 spiro atoms. The molecule has 0 radical (unpaired) electrons. The molecule has 0 unspecified atom stereocenters. The molecule has 0 atom stereocenters. The van der Waals surface area contributed by atoms with Crippen molar-refractivity contribution in [1.29, 1.82) is 0 Å². The summed E-state index contributed by atoms with van der Waals surface area (Å²) in [5.74, 6) is 2.49. The molecule has 4 N–H and O–H groups in total. The molecule has 0 bridgehead atoms. The molecular formula is C108H103ClF4N24O2. The number of rotatable bonds is 27. The maximum atomic E-state index is 13.7. The van der Waals surface area contributed by atoms with E-state index in [1.54, 1.807) is 73.3 Å². The monoisotopic (exact) mass is 1880 g/mol. The summed E-state index contributed by atoms with van der Waals surface area (Å²) in [6.07, 6.45) is 19.8. The van der Waals surface area contributed by atoms with Crippen LogP contribution in [0.15, 0.2) is 286 Å². The highest BCUT2D eigenvalue weighted by molar-refractivity contribution is 6.31. The third kappa shape index (κ3) is 22.8. The summed E-state index contributed by atoms with van der Waals surface area (Å²) in [6.45, 7) is 7.18. The fourth-order valence-electron chi connectivity index (χ4n) is 16.9. The number of nitrogens with zero attached hydrogens (tertiary/aromatic N) is 20. The summed E-state index contributed by atoms with van der Waals surface area (Å²) in [5, 5.41) is 14.0. The number of imidazole rings is 4. The molecule has 1 saturated carbocycles. The van der Waals surface area contributed by atoms with Gasteiger partial charge >= 0.3 is 0 Å². The Labute approximate surface area is 807 Å². The van der Waals surface area contributed by atoms with Crippen molar-refractivity contribution in [3.8, 4) is 102 Å². The Balaban J connectivity index is 0.000000123. The number of nitrogens with one attached hydrogen (secondary N) is 4. The Morgan fingerprint density at radius 2 is 0.662 bits per heavy atom. The van der Waals surface area contributed by atoms with E-state index in [0.29, 0.717) is 65.9 Å². The van der Waals surface area contributed by atoms with Gasteiger partial charge in [-0.3, -0.25) is 17.6 Å². The van der Waals surface area contributed by atoms with E-state index in [4.69, 9.17) is 60.9 Å². The van der Waals surface area contributed by atoms with Crippen LogP contribution in [0.25, 0.3) is 113 Å². The Kier molecular flexibility index (Phi) is 28.8. The number of ether oxygens (including phenoxy) is 2. The van der Waals surface area contributed by atoms with E-state index in [1.807, 2.05) is 161 Å². The molecule has 31 heteroatoms. The molecule has 1 aliphatic carbocycles. The smallest absolute Gasteiger partial charge is 0.231 e. The second kappa shape index (κ2) is 42.7. The van der Waals surface area contributed by atoms with Crippen molar-refractivity contribution in [2.45, 2.75) is 84.5 Å². The van der Waals surface area contributed by atoms with E-state index in [9.17, 15) is 17.6 Å². The number of benzene rings is 7. The van der Waals surface area contributed by atoms with Crippen molar-refractivity contribution in [2.24, 2.45) is 0 Å². The Morgan fingerprint density at radius 1 is 0.338 bits per heavy atom. The summed E-state index contributed by atoms with van der Waals surface area (Å²) in [7, 11) is 16.3. The van der Waals surface area contributed by atoms with Crippen molar-refractivity contribution >= 4 is 58.0 Å². The summed E-state index contributed by atoms with van der Waals surface area (Å²) < 4.78 is 73.5. The summed E-state index contributed by atoms with van der Waals surface area (Å²) in [4.78, 5) is 65.1. The number of halogens is 5. The Bertz CT molecular complexity index is 7520. The number of fused-ring (bicyclic) bond motifs is 5. The molecule has 1 fully saturated rings. The molecular weight excluding hydrogens is 1780 g/mol. The van der Waals surface area contributed by atoms with Crippen LogP contribution < -0.4 is 30.7 Å².